The smallest absolute Gasteiger partial charge is 0.243 e. The molecule has 0 spiro atoms. The summed E-state index contributed by atoms with van der Waals surface area (Å²) in [6.45, 7) is 6.84. The molecule has 0 N–H and O–H groups in total. The van der Waals surface area contributed by atoms with Crippen LogP contribution in [-0.4, -0.2) is 19.3 Å². The molecule has 0 amide bonds. The summed E-state index contributed by atoms with van der Waals surface area (Å²) in [6.07, 6.45) is 4.84. The molecule has 0 saturated heterocycles. The number of aryl methyl sites for hydroxylation is 2. The molecule has 0 aromatic carbocycles. The predicted octanol–water partition coefficient (Wildman–Crippen LogP) is 1.03. The molecule has 0 aliphatic carbocycles. The van der Waals surface area contributed by atoms with Gasteiger partial charge in [-0.3, -0.25) is 9.48 Å². The molecule has 0 radical (unpaired) electrons. The van der Waals surface area contributed by atoms with Crippen LogP contribution < -0.4 is 10.2 Å². The third-order valence-corrected chi connectivity index (χ3v) is 2.77. The molecule has 1 aliphatic rings. The maximum absolute atomic E-state index is 11.9. The van der Waals surface area contributed by atoms with Crippen LogP contribution in [0.15, 0.2) is 35.7 Å². The SMILES string of the molecule is C=C(C)Oc1c2n(ncc1=O)CCn1ccnc1-2. The van der Waals surface area contributed by atoms with Crippen LogP contribution in [-0.2, 0) is 13.1 Å². The third-order valence-electron chi connectivity index (χ3n) is 2.77. The van der Waals surface area contributed by atoms with E-state index in [2.05, 4.69) is 16.7 Å². The molecule has 1 aliphatic heterocycles. The van der Waals surface area contributed by atoms with E-state index in [-0.39, 0.29) is 11.2 Å². The van der Waals surface area contributed by atoms with Crippen molar-refractivity contribution < 1.29 is 4.74 Å². The predicted molar refractivity (Wildman–Crippen MR) is 65.2 cm³/mol. The van der Waals surface area contributed by atoms with Crippen molar-refractivity contribution >= 4 is 0 Å². The largest absolute Gasteiger partial charge is 0.456 e. The number of imidazole rings is 1. The number of aromatic nitrogens is 4. The van der Waals surface area contributed by atoms with Gasteiger partial charge in [-0.25, -0.2) is 4.98 Å². The van der Waals surface area contributed by atoms with Crippen LogP contribution in [0.25, 0.3) is 11.5 Å². The summed E-state index contributed by atoms with van der Waals surface area (Å²) >= 11 is 0. The van der Waals surface area contributed by atoms with Crippen molar-refractivity contribution in [3.05, 3.63) is 41.2 Å². The molecule has 0 saturated carbocycles. The summed E-state index contributed by atoms with van der Waals surface area (Å²) in [5.74, 6) is 1.40. The summed E-state index contributed by atoms with van der Waals surface area (Å²) in [4.78, 5) is 16.1. The summed E-state index contributed by atoms with van der Waals surface area (Å²) in [6, 6.07) is 0. The number of rotatable bonds is 2. The van der Waals surface area contributed by atoms with E-state index >= 15 is 0 Å². The summed E-state index contributed by atoms with van der Waals surface area (Å²) in [7, 11) is 0. The zero-order valence-electron chi connectivity index (χ0n) is 9.96. The van der Waals surface area contributed by atoms with E-state index in [4.69, 9.17) is 4.74 Å². The van der Waals surface area contributed by atoms with E-state index < -0.39 is 0 Å². The Bertz CT molecular complexity index is 684. The Hall–Kier alpha value is -2.37. The van der Waals surface area contributed by atoms with Crippen molar-refractivity contribution in [3.8, 4) is 17.3 Å². The van der Waals surface area contributed by atoms with Crippen LogP contribution in [0.3, 0.4) is 0 Å². The van der Waals surface area contributed by atoms with Gasteiger partial charge in [0.15, 0.2) is 5.82 Å². The molecule has 2 aromatic rings. The molecule has 0 atom stereocenters. The second kappa shape index (κ2) is 3.83. The number of nitrogens with zero attached hydrogens (tertiary/aromatic N) is 4. The monoisotopic (exact) mass is 244 g/mol. The van der Waals surface area contributed by atoms with Gasteiger partial charge in [0.2, 0.25) is 11.2 Å². The topological polar surface area (TPSA) is 61.9 Å². The Morgan fingerprint density at radius 2 is 2.33 bits per heavy atom. The first-order valence-corrected chi connectivity index (χ1v) is 5.62. The number of allylic oxidation sites excluding steroid dienone is 1. The Morgan fingerprint density at radius 1 is 1.50 bits per heavy atom. The first-order chi connectivity index (χ1) is 8.66. The lowest BCUT2D eigenvalue weighted by Gasteiger charge is -2.21. The van der Waals surface area contributed by atoms with Crippen LogP contribution in [0, 0.1) is 0 Å². The van der Waals surface area contributed by atoms with Crippen LogP contribution >= 0.6 is 0 Å². The summed E-state index contributed by atoms with van der Waals surface area (Å²) in [5.41, 5.74) is 0.349. The first-order valence-electron chi connectivity index (χ1n) is 5.62. The van der Waals surface area contributed by atoms with E-state index in [1.807, 2.05) is 10.8 Å². The lowest BCUT2D eigenvalue weighted by molar-refractivity contribution is 0.407. The number of hydrogen-bond acceptors (Lipinski definition) is 4. The van der Waals surface area contributed by atoms with Gasteiger partial charge in [0, 0.05) is 18.9 Å². The van der Waals surface area contributed by atoms with Gasteiger partial charge < -0.3 is 9.30 Å². The van der Waals surface area contributed by atoms with Crippen molar-refractivity contribution in [1.82, 2.24) is 19.3 Å². The maximum atomic E-state index is 11.9. The van der Waals surface area contributed by atoms with E-state index in [1.165, 1.54) is 6.20 Å². The fourth-order valence-corrected chi connectivity index (χ4v) is 2.04. The molecular weight excluding hydrogens is 232 g/mol. The minimum absolute atomic E-state index is 0.240. The van der Waals surface area contributed by atoms with Crippen molar-refractivity contribution in [3.63, 3.8) is 0 Å². The average Bonchev–Trinajstić information content (AvgIpc) is 2.80. The lowest BCUT2D eigenvalue weighted by Crippen LogP contribution is -2.24. The lowest BCUT2D eigenvalue weighted by atomic mass is 10.2. The van der Waals surface area contributed by atoms with Gasteiger partial charge in [-0.2, -0.15) is 5.10 Å². The van der Waals surface area contributed by atoms with Gasteiger partial charge in [-0.1, -0.05) is 6.58 Å². The third kappa shape index (κ3) is 1.54. The van der Waals surface area contributed by atoms with Crippen molar-refractivity contribution in [2.75, 3.05) is 0 Å². The summed E-state index contributed by atoms with van der Waals surface area (Å²) in [5, 5.41) is 4.11. The van der Waals surface area contributed by atoms with E-state index in [1.54, 1.807) is 17.8 Å². The molecular formula is C12H12N4O2. The van der Waals surface area contributed by atoms with Gasteiger partial charge in [0.25, 0.3) is 0 Å². The second-order valence-corrected chi connectivity index (χ2v) is 4.16. The molecule has 0 fully saturated rings. The highest BCUT2D eigenvalue weighted by atomic mass is 16.5. The van der Waals surface area contributed by atoms with Crippen LogP contribution in [0.1, 0.15) is 6.92 Å². The Morgan fingerprint density at radius 3 is 3.11 bits per heavy atom. The van der Waals surface area contributed by atoms with Crippen LogP contribution in [0.4, 0.5) is 0 Å². The maximum Gasteiger partial charge on any atom is 0.243 e. The first kappa shape index (κ1) is 10.8. The molecule has 0 bridgehead atoms. The molecule has 3 heterocycles. The van der Waals surface area contributed by atoms with Gasteiger partial charge in [-0.05, 0) is 6.92 Å². The standard InChI is InChI=1S/C12H12N4O2/c1-8(2)18-11-9(17)7-14-16-6-5-15-4-3-13-12(15)10(11)16/h3-4,7H,1,5-6H2,2H3. The molecule has 6 heteroatoms. The van der Waals surface area contributed by atoms with Crippen molar-refractivity contribution in [2.45, 2.75) is 20.0 Å². The Balaban J connectivity index is 2.28. The molecule has 18 heavy (non-hydrogen) atoms. The van der Waals surface area contributed by atoms with Crippen molar-refractivity contribution in [1.29, 1.82) is 0 Å². The molecule has 0 unspecified atom stereocenters. The number of fused-ring (bicyclic) bond motifs is 3. The van der Waals surface area contributed by atoms with Gasteiger partial charge in [0.1, 0.15) is 5.69 Å². The zero-order valence-corrected chi connectivity index (χ0v) is 9.96. The highest BCUT2D eigenvalue weighted by Gasteiger charge is 2.23. The van der Waals surface area contributed by atoms with Crippen molar-refractivity contribution in [2.24, 2.45) is 0 Å². The second-order valence-electron chi connectivity index (χ2n) is 4.16. The van der Waals surface area contributed by atoms with Crippen LogP contribution in [0.2, 0.25) is 0 Å². The molecule has 2 aromatic heterocycles. The van der Waals surface area contributed by atoms with E-state index in [0.29, 0.717) is 23.8 Å². The molecule has 92 valence electrons. The van der Waals surface area contributed by atoms with Gasteiger partial charge in [0.05, 0.1) is 18.5 Å². The molecule has 6 nitrogen and oxygen atoms in total. The number of ether oxygens (including phenoxy) is 1. The zero-order chi connectivity index (χ0) is 12.7. The van der Waals surface area contributed by atoms with Gasteiger partial charge in [-0.15, -0.1) is 0 Å². The fraction of sp³-hybridized carbons (Fsp3) is 0.250. The van der Waals surface area contributed by atoms with E-state index in [9.17, 15) is 4.79 Å². The average molecular weight is 244 g/mol. The quantitative estimate of drug-likeness (QED) is 0.740. The van der Waals surface area contributed by atoms with Gasteiger partial charge >= 0.3 is 0 Å². The minimum atomic E-state index is -0.263. The van der Waals surface area contributed by atoms with E-state index in [0.717, 1.165) is 6.54 Å². The molecule has 3 rings (SSSR count). The normalized spacial score (nSPS) is 12.7. The highest BCUT2D eigenvalue weighted by Crippen LogP contribution is 2.28. The highest BCUT2D eigenvalue weighted by molar-refractivity contribution is 5.60. The number of hydrogen-bond donors (Lipinski definition) is 0. The fourth-order valence-electron chi connectivity index (χ4n) is 2.04. The van der Waals surface area contributed by atoms with Crippen LogP contribution in [0.5, 0.6) is 5.75 Å². The minimum Gasteiger partial charge on any atom is -0.456 e. The Kier molecular flexibility index (Phi) is 2.29. The summed E-state index contributed by atoms with van der Waals surface area (Å²) < 4.78 is 9.16. The Labute approximate surface area is 103 Å².